The number of aromatic nitrogens is 2. The molecule has 0 bridgehead atoms. The van der Waals surface area contributed by atoms with Gasteiger partial charge in [0.1, 0.15) is 24.0 Å². The van der Waals surface area contributed by atoms with Crippen LogP contribution in [0.15, 0.2) is 30.3 Å². The van der Waals surface area contributed by atoms with E-state index in [-0.39, 0.29) is 5.92 Å². The molecule has 1 N–H and O–H groups in total. The van der Waals surface area contributed by atoms with Crippen LogP contribution in [0.25, 0.3) is 0 Å². The largest absolute Gasteiger partial charge is 0.492 e. The molecule has 1 saturated carbocycles. The van der Waals surface area contributed by atoms with Crippen molar-refractivity contribution < 1.29 is 4.74 Å². The lowest BCUT2D eigenvalue weighted by molar-refractivity contribution is 0.339. The Bertz CT molecular complexity index is 652. The summed E-state index contributed by atoms with van der Waals surface area (Å²) in [6.45, 7) is 0.636. The van der Waals surface area contributed by atoms with Crippen LogP contribution in [0.2, 0.25) is 0 Å². The van der Waals surface area contributed by atoms with E-state index in [1.54, 1.807) is 0 Å². The van der Waals surface area contributed by atoms with Gasteiger partial charge in [0.25, 0.3) is 0 Å². The minimum Gasteiger partial charge on any atom is -0.492 e. The van der Waals surface area contributed by atoms with Crippen molar-refractivity contribution in [3.8, 4) is 5.75 Å². The third-order valence-corrected chi connectivity index (χ3v) is 4.03. The lowest BCUT2D eigenvalue weighted by Gasteiger charge is -2.11. The monoisotopic (exact) mass is 267 g/mol. The molecule has 20 heavy (non-hydrogen) atoms. The molecule has 1 aromatic carbocycles. The van der Waals surface area contributed by atoms with Crippen LogP contribution >= 0.6 is 0 Å². The van der Waals surface area contributed by atoms with Gasteiger partial charge < -0.3 is 10.1 Å². The fourth-order valence-electron chi connectivity index (χ4n) is 2.73. The minimum absolute atomic E-state index is 0.150. The normalized spacial score (nSPS) is 20.4. The number of ether oxygens (including phenoxy) is 1. The summed E-state index contributed by atoms with van der Waals surface area (Å²) in [6.07, 6.45) is 2.49. The molecule has 1 fully saturated rings. The van der Waals surface area contributed by atoms with E-state index in [1.807, 2.05) is 25.2 Å². The highest BCUT2D eigenvalue weighted by molar-refractivity contribution is 5.45. The molecule has 4 nitrogen and oxygen atoms in total. The number of fused-ring (bicyclic) bond motifs is 1. The number of nitrogens with one attached hydrogen (secondary N) is 1. The zero-order valence-electron chi connectivity index (χ0n) is 11.5. The Hall–Kier alpha value is -2.10. The van der Waals surface area contributed by atoms with E-state index in [2.05, 4.69) is 22.4 Å². The van der Waals surface area contributed by atoms with Crippen molar-refractivity contribution >= 4 is 5.82 Å². The summed E-state index contributed by atoms with van der Waals surface area (Å²) in [5, 5.41) is 3.15. The van der Waals surface area contributed by atoms with E-state index >= 15 is 0 Å². The molecule has 2 aliphatic rings. The molecular formula is C16H17N3O. The maximum Gasteiger partial charge on any atom is 0.142 e. The first-order valence-electron chi connectivity index (χ1n) is 7.13. The van der Waals surface area contributed by atoms with Crippen LogP contribution in [0.4, 0.5) is 5.82 Å². The number of para-hydroxylation sites is 1. The summed E-state index contributed by atoms with van der Waals surface area (Å²) < 4.78 is 5.75. The van der Waals surface area contributed by atoms with Gasteiger partial charge in [-0.25, -0.2) is 9.97 Å². The fourth-order valence-corrected chi connectivity index (χ4v) is 2.73. The Balaban J connectivity index is 1.77. The molecular weight excluding hydrogens is 250 g/mol. The topological polar surface area (TPSA) is 47.0 Å². The van der Waals surface area contributed by atoms with Gasteiger partial charge in [0, 0.05) is 30.3 Å². The van der Waals surface area contributed by atoms with Gasteiger partial charge in [-0.3, -0.25) is 0 Å². The second-order valence-electron chi connectivity index (χ2n) is 5.46. The van der Waals surface area contributed by atoms with Gasteiger partial charge in [-0.05, 0) is 18.9 Å². The number of hydrogen-bond acceptors (Lipinski definition) is 4. The predicted octanol–water partition coefficient (Wildman–Crippen LogP) is 2.92. The maximum atomic E-state index is 5.75. The SMILES string of the molecule is CNc1cc(C2CC2)nc(C2COc3ccccc32)n1. The Morgan fingerprint density at radius 2 is 2.05 bits per heavy atom. The zero-order chi connectivity index (χ0) is 13.5. The molecule has 1 aliphatic carbocycles. The molecule has 1 atom stereocenters. The standard InChI is InChI=1S/C16H17N3O/c1-17-15-8-13(10-6-7-10)18-16(19-15)12-9-20-14-5-3-2-4-11(12)14/h2-5,8,10,12H,6-7,9H2,1H3,(H,17,18,19). The maximum absolute atomic E-state index is 5.75. The molecule has 1 unspecified atom stereocenters. The van der Waals surface area contributed by atoms with Crippen LogP contribution in [0, 0.1) is 0 Å². The summed E-state index contributed by atoms with van der Waals surface area (Å²) in [5.74, 6) is 3.52. The highest BCUT2D eigenvalue weighted by Crippen LogP contribution is 2.41. The molecule has 0 radical (unpaired) electrons. The molecule has 2 aromatic rings. The van der Waals surface area contributed by atoms with E-state index in [0.29, 0.717) is 12.5 Å². The highest BCUT2D eigenvalue weighted by Gasteiger charge is 2.31. The lowest BCUT2D eigenvalue weighted by atomic mass is 10.0. The van der Waals surface area contributed by atoms with Crippen LogP contribution < -0.4 is 10.1 Å². The number of benzene rings is 1. The predicted molar refractivity (Wildman–Crippen MR) is 77.3 cm³/mol. The first-order chi connectivity index (χ1) is 9.85. The Labute approximate surface area is 118 Å². The van der Waals surface area contributed by atoms with Crippen LogP contribution in [0.3, 0.4) is 0 Å². The third-order valence-electron chi connectivity index (χ3n) is 4.03. The fraction of sp³-hybridized carbons (Fsp3) is 0.375. The smallest absolute Gasteiger partial charge is 0.142 e. The summed E-state index contributed by atoms with van der Waals surface area (Å²) >= 11 is 0. The third kappa shape index (κ3) is 1.92. The van der Waals surface area contributed by atoms with Gasteiger partial charge in [0.05, 0.1) is 5.92 Å². The van der Waals surface area contributed by atoms with Gasteiger partial charge in [0.2, 0.25) is 0 Å². The van der Waals surface area contributed by atoms with E-state index in [4.69, 9.17) is 9.72 Å². The van der Waals surface area contributed by atoms with E-state index in [0.717, 1.165) is 17.4 Å². The Kier molecular flexibility index (Phi) is 2.62. The van der Waals surface area contributed by atoms with Crippen LogP contribution in [-0.4, -0.2) is 23.6 Å². The van der Waals surface area contributed by atoms with Gasteiger partial charge in [-0.2, -0.15) is 0 Å². The van der Waals surface area contributed by atoms with Crippen LogP contribution in [0.5, 0.6) is 5.75 Å². The average molecular weight is 267 g/mol. The first kappa shape index (κ1) is 11.7. The Morgan fingerprint density at radius 1 is 1.20 bits per heavy atom. The van der Waals surface area contributed by atoms with Crippen molar-refractivity contribution in [2.45, 2.75) is 24.7 Å². The van der Waals surface area contributed by atoms with Crippen LogP contribution in [0.1, 0.15) is 41.8 Å². The molecule has 0 saturated heterocycles. The van der Waals surface area contributed by atoms with Crippen molar-refractivity contribution in [1.82, 2.24) is 9.97 Å². The minimum atomic E-state index is 0.150. The Morgan fingerprint density at radius 3 is 2.85 bits per heavy atom. The molecule has 4 rings (SSSR count). The van der Waals surface area contributed by atoms with Crippen molar-refractivity contribution in [3.63, 3.8) is 0 Å². The summed E-state index contributed by atoms with van der Waals surface area (Å²) in [4.78, 5) is 9.43. The van der Waals surface area contributed by atoms with Gasteiger partial charge in [0.15, 0.2) is 0 Å². The molecule has 0 spiro atoms. The van der Waals surface area contributed by atoms with Crippen molar-refractivity contribution in [2.75, 3.05) is 19.0 Å². The molecule has 1 aliphatic heterocycles. The molecule has 4 heteroatoms. The molecule has 0 amide bonds. The lowest BCUT2D eigenvalue weighted by Crippen LogP contribution is -2.10. The highest BCUT2D eigenvalue weighted by atomic mass is 16.5. The van der Waals surface area contributed by atoms with E-state index < -0.39 is 0 Å². The summed E-state index contributed by atoms with van der Waals surface area (Å²) in [5.41, 5.74) is 2.37. The van der Waals surface area contributed by atoms with Crippen LogP contribution in [-0.2, 0) is 0 Å². The van der Waals surface area contributed by atoms with Gasteiger partial charge >= 0.3 is 0 Å². The first-order valence-corrected chi connectivity index (χ1v) is 7.13. The van der Waals surface area contributed by atoms with E-state index in [9.17, 15) is 0 Å². The van der Waals surface area contributed by atoms with Crippen molar-refractivity contribution in [2.24, 2.45) is 0 Å². The molecule has 102 valence electrons. The molecule has 1 aromatic heterocycles. The second-order valence-corrected chi connectivity index (χ2v) is 5.46. The number of anilines is 1. The van der Waals surface area contributed by atoms with Crippen molar-refractivity contribution in [3.05, 3.63) is 47.4 Å². The average Bonchev–Trinajstić information content (AvgIpc) is 3.26. The number of rotatable bonds is 3. The summed E-state index contributed by atoms with van der Waals surface area (Å²) in [7, 11) is 1.90. The second kappa shape index (κ2) is 4.47. The molecule has 2 heterocycles. The number of nitrogens with zero attached hydrogens (tertiary/aromatic N) is 2. The van der Waals surface area contributed by atoms with E-state index in [1.165, 1.54) is 24.1 Å². The number of hydrogen-bond donors (Lipinski definition) is 1. The van der Waals surface area contributed by atoms with Crippen molar-refractivity contribution in [1.29, 1.82) is 0 Å². The van der Waals surface area contributed by atoms with Gasteiger partial charge in [-0.1, -0.05) is 18.2 Å². The zero-order valence-corrected chi connectivity index (χ0v) is 11.5. The van der Waals surface area contributed by atoms with Gasteiger partial charge in [-0.15, -0.1) is 0 Å². The summed E-state index contributed by atoms with van der Waals surface area (Å²) in [6, 6.07) is 10.2. The quantitative estimate of drug-likeness (QED) is 0.929.